The number of rotatable bonds is 2. The molecule has 2 atom stereocenters. The molecular formula is C14H19N5. The lowest BCUT2D eigenvalue weighted by molar-refractivity contribution is 0.403. The Labute approximate surface area is 112 Å². The van der Waals surface area contributed by atoms with Crippen molar-refractivity contribution in [2.75, 3.05) is 11.1 Å². The first-order valence-corrected chi connectivity index (χ1v) is 6.78. The van der Waals surface area contributed by atoms with E-state index in [-0.39, 0.29) is 12.1 Å². The number of hydrogen-bond acceptors (Lipinski definition) is 5. The zero-order valence-electron chi connectivity index (χ0n) is 10.8. The summed E-state index contributed by atoms with van der Waals surface area (Å²) in [5.74, 6) is 1.09. The van der Waals surface area contributed by atoms with Crippen LogP contribution in [0.2, 0.25) is 0 Å². The van der Waals surface area contributed by atoms with Crippen LogP contribution in [-0.2, 0) is 0 Å². The molecule has 1 heterocycles. The summed E-state index contributed by atoms with van der Waals surface area (Å²) in [6, 6.07) is 8.14. The van der Waals surface area contributed by atoms with Crippen molar-refractivity contribution in [1.29, 1.82) is 0 Å². The van der Waals surface area contributed by atoms with E-state index >= 15 is 0 Å². The van der Waals surface area contributed by atoms with Crippen molar-refractivity contribution >= 4 is 22.7 Å². The summed E-state index contributed by atoms with van der Waals surface area (Å²) in [5.41, 5.74) is 13.8. The SMILES string of the molecule is Nc1nc2ccccc2nc1N[C@H]1CCCC[C@H]1N. The molecule has 3 rings (SSSR count). The quantitative estimate of drug-likeness (QED) is 0.764. The maximum absolute atomic E-state index is 6.14. The molecule has 0 radical (unpaired) electrons. The highest BCUT2D eigenvalue weighted by Gasteiger charge is 2.22. The van der Waals surface area contributed by atoms with Crippen LogP contribution in [0.4, 0.5) is 11.6 Å². The van der Waals surface area contributed by atoms with Crippen LogP contribution in [0, 0.1) is 0 Å². The molecule has 100 valence electrons. The van der Waals surface area contributed by atoms with Crippen molar-refractivity contribution in [2.24, 2.45) is 5.73 Å². The highest BCUT2D eigenvalue weighted by Crippen LogP contribution is 2.24. The van der Waals surface area contributed by atoms with E-state index < -0.39 is 0 Å². The molecule has 1 fully saturated rings. The Morgan fingerprint density at radius 1 is 1.05 bits per heavy atom. The molecule has 19 heavy (non-hydrogen) atoms. The summed E-state index contributed by atoms with van der Waals surface area (Å²) in [6.07, 6.45) is 4.53. The minimum absolute atomic E-state index is 0.168. The van der Waals surface area contributed by atoms with Gasteiger partial charge in [0.1, 0.15) is 0 Å². The number of aromatic nitrogens is 2. The van der Waals surface area contributed by atoms with E-state index in [1.165, 1.54) is 12.8 Å². The number of nitrogens with one attached hydrogen (secondary N) is 1. The standard InChI is InChI=1S/C14H19N5/c15-9-5-1-2-6-10(9)18-14-13(16)17-11-7-3-4-8-12(11)19-14/h3-4,7-10H,1-2,5-6,15H2,(H2,16,17)(H,18,19)/t9-,10+/m1/s1. The monoisotopic (exact) mass is 257 g/mol. The van der Waals surface area contributed by atoms with Crippen LogP contribution < -0.4 is 16.8 Å². The normalized spacial score (nSPS) is 23.4. The second kappa shape index (κ2) is 5.01. The largest absolute Gasteiger partial charge is 0.381 e. The third-order valence-corrected chi connectivity index (χ3v) is 3.74. The van der Waals surface area contributed by atoms with Gasteiger partial charge in [-0.05, 0) is 25.0 Å². The molecule has 0 bridgehead atoms. The van der Waals surface area contributed by atoms with Crippen molar-refractivity contribution < 1.29 is 0 Å². The van der Waals surface area contributed by atoms with Gasteiger partial charge in [0.15, 0.2) is 11.6 Å². The Hall–Kier alpha value is -1.88. The van der Waals surface area contributed by atoms with E-state index in [0.717, 1.165) is 23.9 Å². The summed E-state index contributed by atoms with van der Waals surface area (Å²) in [7, 11) is 0. The van der Waals surface area contributed by atoms with Gasteiger partial charge in [-0.2, -0.15) is 0 Å². The van der Waals surface area contributed by atoms with Crippen LogP contribution in [0.1, 0.15) is 25.7 Å². The Morgan fingerprint density at radius 3 is 2.47 bits per heavy atom. The number of benzene rings is 1. The Balaban J connectivity index is 1.89. The average molecular weight is 257 g/mol. The van der Waals surface area contributed by atoms with Crippen molar-refractivity contribution in [3.05, 3.63) is 24.3 Å². The first-order valence-electron chi connectivity index (χ1n) is 6.78. The van der Waals surface area contributed by atoms with Gasteiger partial charge in [0.2, 0.25) is 0 Å². The number of hydrogen-bond donors (Lipinski definition) is 3. The topological polar surface area (TPSA) is 89.8 Å². The number of anilines is 2. The first kappa shape index (κ1) is 12.2. The van der Waals surface area contributed by atoms with Crippen molar-refractivity contribution in [2.45, 2.75) is 37.8 Å². The van der Waals surface area contributed by atoms with Gasteiger partial charge in [-0.3, -0.25) is 0 Å². The van der Waals surface area contributed by atoms with Crippen LogP contribution in [0.25, 0.3) is 11.0 Å². The molecule has 0 amide bonds. The minimum atomic E-state index is 0.168. The molecule has 1 aromatic heterocycles. The summed E-state index contributed by atoms with van der Waals surface area (Å²) in [4.78, 5) is 8.93. The third-order valence-electron chi connectivity index (χ3n) is 3.74. The summed E-state index contributed by atoms with van der Waals surface area (Å²) in [5, 5.41) is 3.37. The highest BCUT2D eigenvalue weighted by molar-refractivity contribution is 5.79. The van der Waals surface area contributed by atoms with Crippen molar-refractivity contribution in [1.82, 2.24) is 9.97 Å². The van der Waals surface area contributed by atoms with Gasteiger partial charge in [0, 0.05) is 12.1 Å². The molecule has 5 heteroatoms. The molecule has 0 spiro atoms. The van der Waals surface area contributed by atoms with Gasteiger partial charge in [0.25, 0.3) is 0 Å². The molecule has 5 N–H and O–H groups in total. The molecule has 1 aromatic carbocycles. The maximum Gasteiger partial charge on any atom is 0.169 e. The first-order chi connectivity index (χ1) is 9.24. The van der Waals surface area contributed by atoms with E-state index in [1.807, 2.05) is 24.3 Å². The Morgan fingerprint density at radius 2 is 1.74 bits per heavy atom. The fraction of sp³-hybridized carbons (Fsp3) is 0.429. The van der Waals surface area contributed by atoms with Crippen molar-refractivity contribution in [3.63, 3.8) is 0 Å². The number of nitrogens with two attached hydrogens (primary N) is 2. The lowest BCUT2D eigenvalue weighted by atomic mass is 9.91. The van der Waals surface area contributed by atoms with Gasteiger partial charge >= 0.3 is 0 Å². The van der Waals surface area contributed by atoms with Crippen LogP contribution in [-0.4, -0.2) is 22.1 Å². The van der Waals surface area contributed by atoms with E-state index in [4.69, 9.17) is 11.5 Å². The van der Waals surface area contributed by atoms with E-state index in [0.29, 0.717) is 11.6 Å². The minimum Gasteiger partial charge on any atom is -0.381 e. The predicted molar refractivity (Wildman–Crippen MR) is 77.8 cm³/mol. The van der Waals surface area contributed by atoms with E-state index in [9.17, 15) is 0 Å². The lowest BCUT2D eigenvalue weighted by Crippen LogP contribution is -2.42. The molecule has 1 saturated carbocycles. The van der Waals surface area contributed by atoms with Gasteiger partial charge in [0.05, 0.1) is 11.0 Å². The molecule has 0 aliphatic heterocycles. The smallest absolute Gasteiger partial charge is 0.169 e. The average Bonchev–Trinajstić information content (AvgIpc) is 2.42. The van der Waals surface area contributed by atoms with Gasteiger partial charge in [-0.25, -0.2) is 9.97 Å². The molecule has 2 aromatic rings. The third kappa shape index (κ3) is 2.46. The fourth-order valence-corrected chi connectivity index (χ4v) is 2.63. The second-order valence-corrected chi connectivity index (χ2v) is 5.15. The summed E-state index contributed by atoms with van der Waals surface area (Å²) < 4.78 is 0. The molecule has 0 unspecified atom stereocenters. The number of nitrogen functional groups attached to an aromatic ring is 1. The fourth-order valence-electron chi connectivity index (χ4n) is 2.63. The second-order valence-electron chi connectivity index (χ2n) is 5.15. The predicted octanol–water partition coefficient (Wildman–Crippen LogP) is 1.89. The zero-order valence-corrected chi connectivity index (χ0v) is 10.8. The van der Waals surface area contributed by atoms with Gasteiger partial charge in [-0.1, -0.05) is 25.0 Å². The number of nitrogens with zero attached hydrogens (tertiary/aromatic N) is 2. The number of para-hydroxylation sites is 2. The van der Waals surface area contributed by atoms with E-state index in [2.05, 4.69) is 15.3 Å². The molecule has 1 aliphatic carbocycles. The molecular weight excluding hydrogens is 238 g/mol. The maximum atomic E-state index is 6.14. The summed E-state index contributed by atoms with van der Waals surface area (Å²) in [6.45, 7) is 0. The van der Waals surface area contributed by atoms with Crippen LogP contribution >= 0.6 is 0 Å². The van der Waals surface area contributed by atoms with Crippen LogP contribution in [0.15, 0.2) is 24.3 Å². The zero-order chi connectivity index (χ0) is 13.2. The highest BCUT2D eigenvalue weighted by atomic mass is 15.1. The Bertz CT molecular complexity index is 583. The molecule has 0 saturated heterocycles. The van der Waals surface area contributed by atoms with Crippen LogP contribution in [0.3, 0.4) is 0 Å². The number of fused-ring (bicyclic) bond motifs is 1. The van der Waals surface area contributed by atoms with Crippen molar-refractivity contribution in [3.8, 4) is 0 Å². The molecule has 5 nitrogen and oxygen atoms in total. The van der Waals surface area contributed by atoms with Gasteiger partial charge in [-0.15, -0.1) is 0 Å². The van der Waals surface area contributed by atoms with Crippen LogP contribution in [0.5, 0.6) is 0 Å². The Kier molecular flexibility index (Phi) is 3.21. The van der Waals surface area contributed by atoms with E-state index in [1.54, 1.807) is 0 Å². The lowest BCUT2D eigenvalue weighted by Gasteiger charge is -2.29. The summed E-state index contributed by atoms with van der Waals surface area (Å²) >= 11 is 0. The van der Waals surface area contributed by atoms with Gasteiger partial charge < -0.3 is 16.8 Å². The molecule has 1 aliphatic rings.